The van der Waals surface area contributed by atoms with Gasteiger partial charge in [-0.2, -0.15) is 0 Å². The molecular weight excluding hydrogens is 296 g/mol. The van der Waals surface area contributed by atoms with Crippen LogP contribution in [0.3, 0.4) is 0 Å². The molecule has 3 unspecified atom stereocenters. The van der Waals surface area contributed by atoms with Gasteiger partial charge in [0.05, 0.1) is 0 Å². The predicted octanol–water partition coefficient (Wildman–Crippen LogP) is 4.80. The summed E-state index contributed by atoms with van der Waals surface area (Å²) in [6, 6.07) is 0. The summed E-state index contributed by atoms with van der Waals surface area (Å²) in [7, 11) is 0. The van der Waals surface area contributed by atoms with Gasteiger partial charge in [0.1, 0.15) is 5.69 Å². The lowest BCUT2D eigenvalue weighted by Gasteiger charge is -2.26. The van der Waals surface area contributed by atoms with Crippen molar-refractivity contribution >= 4 is 12.2 Å². The van der Waals surface area contributed by atoms with Gasteiger partial charge in [0, 0.05) is 17.4 Å². The zero-order chi connectivity index (χ0) is 17.0. The summed E-state index contributed by atoms with van der Waals surface area (Å²) in [5, 5.41) is 3.55. The Kier molecular flexibility index (Phi) is 3.58. The number of nitrogens with one attached hydrogen (secondary N) is 1. The standard InChI is InChI=1S/C21H30N2O/c1-15(2)19(3)7-5-16-17(6-8-19)24-18(23-16)20(4)9-10-21(13-20)11-12-22-14-21/h5-8,15,22H,9-14H2,1-4H3. The third-order valence-corrected chi connectivity index (χ3v) is 6.94. The molecule has 0 radical (unpaired) electrons. The van der Waals surface area contributed by atoms with Crippen molar-refractivity contribution in [2.45, 2.75) is 58.8 Å². The summed E-state index contributed by atoms with van der Waals surface area (Å²) in [5.74, 6) is 2.42. The fraction of sp³-hybridized carbons (Fsp3) is 0.667. The van der Waals surface area contributed by atoms with Gasteiger partial charge in [-0.15, -0.1) is 0 Å². The van der Waals surface area contributed by atoms with Crippen LogP contribution in [0.5, 0.6) is 0 Å². The molecule has 1 saturated heterocycles. The lowest BCUT2D eigenvalue weighted by Crippen LogP contribution is -2.25. The minimum atomic E-state index is 0.0697. The van der Waals surface area contributed by atoms with Crippen LogP contribution in [-0.4, -0.2) is 18.1 Å². The highest BCUT2D eigenvalue weighted by Gasteiger charge is 2.50. The van der Waals surface area contributed by atoms with Crippen LogP contribution in [0.1, 0.15) is 70.7 Å². The minimum absolute atomic E-state index is 0.0697. The molecule has 1 N–H and O–H groups in total. The number of rotatable bonds is 2. The van der Waals surface area contributed by atoms with E-state index in [9.17, 15) is 0 Å². The third-order valence-electron chi connectivity index (χ3n) is 6.94. The number of fused-ring (bicyclic) bond motifs is 1. The van der Waals surface area contributed by atoms with Gasteiger partial charge in [-0.3, -0.25) is 0 Å². The molecule has 3 nitrogen and oxygen atoms in total. The van der Waals surface area contributed by atoms with Gasteiger partial charge in [-0.1, -0.05) is 39.8 Å². The Labute approximate surface area is 145 Å². The van der Waals surface area contributed by atoms with Crippen LogP contribution >= 0.6 is 0 Å². The summed E-state index contributed by atoms with van der Waals surface area (Å²) in [4.78, 5) is 4.92. The first-order valence-corrected chi connectivity index (χ1v) is 9.45. The molecule has 1 aromatic rings. The van der Waals surface area contributed by atoms with Crippen molar-refractivity contribution in [3.8, 4) is 0 Å². The van der Waals surface area contributed by atoms with E-state index in [1.165, 1.54) is 25.7 Å². The number of hydrogen-bond donors (Lipinski definition) is 1. The van der Waals surface area contributed by atoms with E-state index in [1.807, 2.05) is 0 Å². The van der Waals surface area contributed by atoms with Gasteiger partial charge in [0.15, 0.2) is 5.76 Å². The van der Waals surface area contributed by atoms with E-state index >= 15 is 0 Å². The molecule has 3 atom stereocenters. The highest BCUT2D eigenvalue weighted by molar-refractivity contribution is 5.63. The monoisotopic (exact) mass is 326 g/mol. The number of allylic oxidation sites excluding steroid dienone is 2. The molecule has 3 heteroatoms. The molecule has 1 aliphatic heterocycles. The summed E-state index contributed by atoms with van der Waals surface area (Å²) < 4.78 is 6.28. The van der Waals surface area contributed by atoms with Gasteiger partial charge < -0.3 is 9.73 Å². The van der Waals surface area contributed by atoms with Gasteiger partial charge in [-0.05, 0) is 55.7 Å². The zero-order valence-corrected chi connectivity index (χ0v) is 15.5. The Morgan fingerprint density at radius 3 is 2.62 bits per heavy atom. The van der Waals surface area contributed by atoms with Crippen LogP contribution in [0.25, 0.3) is 12.2 Å². The second kappa shape index (κ2) is 5.32. The van der Waals surface area contributed by atoms with Crippen LogP contribution in [0, 0.1) is 16.7 Å². The summed E-state index contributed by atoms with van der Waals surface area (Å²) in [6.45, 7) is 11.5. The second-order valence-corrected chi connectivity index (χ2v) is 9.12. The van der Waals surface area contributed by atoms with Gasteiger partial charge in [-0.25, -0.2) is 4.98 Å². The molecule has 130 valence electrons. The van der Waals surface area contributed by atoms with Gasteiger partial charge >= 0.3 is 0 Å². The molecule has 1 spiro atoms. The average molecular weight is 326 g/mol. The van der Waals surface area contributed by atoms with Crippen molar-refractivity contribution in [2.24, 2.45) is 16.7 Å². The van der Waals surface area contributed by atoms with E-state index in [0.29, 0.717) is 11.3 Å². The summed E-state index contributed by atoms with van der Waals surface area (Å²) >= 11 is 0. The largest absolute Gasteiger partial charge is 0.440 e. The molecule has 1 saturated carbocycles. The van der Waals surface area contributed by atoms with Gasteiger partial charge in [0.25, 0.3) is 0 Å². The third kappa shape index (κ3) is 2.48. The van der Waals surface area contributed by atoms with Crippen LogP contribution in [0.15, 0.2) is 16.6 Å². The van der Waals surface area contributed by atoms with E-state index in [1.54, 1.807) is 0 Å². The summed E-state index contributed by atoms with van der Waals surface area (Å²) in [6.07, 6.45) is 13.8. The molecule has 0 amide bonds. The van der Waals surface area contributed by atoms with Crippen LogP contribution in [0.2, 0.25) is 0 Å². The second-order valence-electron chi connectivity index (χ2n) is 9.12. The first kappa shape index (κ1) is 16.1. The maximum atomic E-state index is 6.28. The predicted molar refractivity (Wildman–Crippen MR) is 98.6 cm³/mol. The van der Waals surface area contributed by atoms with E-state index in [0.717, 1.165) is 30.4 Å². The molecule has 3 aliphatic rings. The molecular formula is C21H30N2O. The maximum Gasteiger partial charge on any atom is 0.201 e. The Hall–Kier alpha value is -1.35. The van der Waals surface area contributed by atoms with E-state index in [2.05, 4.69) is 57.3 Å². The first-order chi connectivity index (χ1) is 11.3. The highest BCUT2D eigenvalue weighted by atomic mass is 16.4. The number of oxazole rings is 1. The Morgan fingerprint density at radius 1 is 1.12 bits per heavy atom. The van der Waals surface area contributed by atoms with Crippen LogP contribution in [-0.2, 0) is 5.41 Å². The zero-order valence-electron chi connectivity index (χ0n) is 15.5. The van der Waals surface area contributed by atoms with Crippen LogP contribution < -0.4 is 5.32 Å². The molecule has 2 heterocycles. The quantitative estimate of drug-likeness (QED) is 0.848. The Bertz CT molecular complexity index is 659. The number of hydrogen-bond acceptors (Lipinski definition) is 3. The normalized spacial score (nSPS) is 38.2. The summed E-state index contributed by atoms with van der Waals surface area (Å²) in [5.41, 5.74) is 1.63. The van der Waals surface area contributed by atoms with E-state index in [4.69, 9.17) is 9.40 Å². The van der Waals surface area contributed by atoms with E-state index in [-0.39, 0.29) is 10.8 Å². The molecule has 1 aromatic heterocycles. The number of nitrogens with zero attached hydrogens (tertiary/aromatic N) is 1. The lowest BCUT2D eigenvalue weighted by molar-refractivity contribution is 0.281. The topological polar surface area (TPSA) is 38.1 Å². The van der Waals surface area contributed by atoms with Crippen LogP contribution in [0.4, 0.5) is 0 Å². The highest BCUT2D eigenvalue weighted by Crippen LogP contribution is 2.53. The van der Waals surface area contributed by atoms with E-state index < -0.39 is 0 Å². The van der Waals surface area contributed by atoms with Crippen molar-refractivity contribution in [1.82, 2.24) is 10.3 Å². The SMILES string of the molecule is CC(C)C1(C)C=Cc2nc(C3(C)CCC4(CCNC4)C3)oc2C=C1. The minimum Gasteiger partial charge on any atom is -0.440 e. The Balaban J connectivity index is 1.62. The van der Waals surface area contributed by atoms with Crippen molar-refractivity contribution in [1.29, 1.82) is 0 Å². The smallest absolute Gasteiger partial charge is 0.201 e. The van der Waals surface area contributed by atoms with Crippen molar-refractivity contribution in [3.63, 3.8) is 0 Å². The molecule has 2 aliphatic carbocycles. The Morgan fingerprint density at radius 2 is 1.92 bits per heavy atom. The van der Waals surface area contributed by atoms with Crippen molar-refractivity contribution in [3.05, 3.63) is 29.5 Å². The molecule has 24 heavy (non-hydrogen) atoms. The maximum absolute atomic E-state index is 6.28. The number of aromatic nitrogens is 1. The molecule has 4 rings (SSSR count). The van der Waals surface area contributed by atoms with Crippen molar-refractivity contribution < 1.29 is 4.42 Å². The first-order valence-electron chi connectivity index (χ1n) is 9.45. The lowest BCUT2D eigenvalue weighted by atomic mass is 9.79. The molecule has 2 fully saturated rings. The fourth-order valence-corrected chi connectivity index (χ4v) is 4.68. The fourth-order valence-electron chi connectivity index (χ4n) is 4.68. The van der Waals surface area contributed by atoms with Gasteiger partial charge in [0.2, 0.25) is 5.89 Å². The molecule has 0 aromatic carbocycles. The molecule has 0 bridgehead atoms. The average Bonchev–Trinajstić information content (AvgIpc) is 3.22. The van der Waals surface area contributed by atoms with Crippen molar-refractivity contribution in [2.75, 3.05) is 13.1 Å².